The van der Waals surface area contributed by atoms with Crippen LogP contribution in [0.3, 0.4) is 0 Å². The molecule has 4 rings (SSSR count). The van der Waals surface area contributed by atoms with E-state index in [-0.39, 0.29) is 18.2 Å². The Morgan fingerprint density at radius 2 is 2.16 bits per heavy atom. The van der Waals surface area contributed by atoms with Crippen molar-refractivity contribution in [2.45, 2.75) is 44.4 Å². The Kier molecular flexibility index (Phi) is 4.12. The molecule has 0 aromatic heterocycles. The molecule has 2 fully saturated rings. The van der Waals surface area contributed by atoms with Crippen molar-refractivity contribution in [1.29, 1.82) is 0 Å². The van der Waals surface area contributed by atoms with Gasteiger partial charge >= 0.3 is 0 Å². The van der Waals surface area contributed by atoms with E-state index in [9.17, 15) is 9.59 Å². The first-order valence-electron chi connectivity index (χ1n) is 8.67. The summed E-state index contributed by atoms with van der Waals surface area (Å²) in [6.07, 6.45) is 1.91. The number of likely N-dealkylation sites (tertiary alicyclic amines) is 1. The molecule has 7 heteroatoms. The van der Waals surface area contributed by atoms with E-state index in [1.165, 1.54) is 0 Å². The summed E-state index contributed by atoms with van der Waals surface area (Å²) in [6.45, 7) is 3.52. The lowest BCUT2D eigenvalue weighted by Gasteiger charge is -2.38. The van der Waals surface area contributed by atoms with Crippen molar-refractivity contribution in [3.8, 4) is 5.75 Å². The number of hydrogen-bond acceptors (Lipinski definition) is 4. The van der Waals surface area contributed by atoms with Gasteiger partial charge in [-0.05, 0) is 24.6 Å². The molecule has 0 saturated carbocycles. The molecule has 1 aromatic rings. The molecule has 1 N–H and O–H groups in total. The number of nitrogens with zero attached hydrogens (tertiary/aromatic N) is 1. The van der Waals surface area contributed by atoms with Crippen molar-refractivity contribution in [2.24, 2.45) is 0 Å². The molecule has 3 aliphatic rings. The topological polar surface area (TPSA) is 67.9 Å². The van der Waals surface area contributed by atoms with E-state index >= 15 is 0 Å². The highest BCUT2D eigenvalue weighted by atomic mass is 35.5. The zero-order chi connectivity index (χ0) is 17.6. The van der Waals surface area contributed by atoms with Crippen molar-refractivity contribution in [3.05, 3.63) is 28.3 Å². The minimum Gasteiger partial charge on any atom is -0.493 e. The van der Waals surface area contributed by atoms with Crippen molar-refractivity contribution in [3.63, 3.8) is 0 Å². The lowest BCUT2D eigenvalue weighted by atomic mass is 9.99. The molecule has 0 bridgehead atoms. The summed E-state index contributed by atoms with van der Waals surface area (Å²) in [5, 5.41) is 3.57. The molecule has 6 nitrogen and oxygen atoms in total. The number of piperidine rings is 1. The highest BCUT2D eigenvalue weighted by Crippen LogP contribution is 2.34. The summed E-state index contributed by atoms with van der Waals surface area (Å²) < 4.78 is 11.5. The van der Waals surface area contributed by atoms with Crippen LogP contribution in [-0.2, 0) is 27.2 Å². The van der Waals surface area contributed by atoms with Crippen LogP contribution in [0.2, 0.25) is 5.02 Å². The summed E-state index contributed by atoms with van der Waals surface area (Å²) in [6, 6.07) is 3.72. The van der Waals surface area contributed by atoms with Gasteiger partial charge in [0.1, 0.15) is 17.6 Å². The lowest BCUT2D eigenvalue weighted by Crippen LogP contribution is -2.53. The third kappa shape index (κ3) is 3.09. The second-order valence-electron chi connectivity index (χ2n) is 6.95. The largest absolute Gasteiger partial charge is 0.493 e. The van der Waals surface area contributed by atoms with Crippen LogP contribution in [-0.4, -0.2) is 48.2 Å². The van der Waals surface area contributed by atoms with E-state index < -0.39 is 11.8 Å². The fourth-order valence-electron chi connectivity index (χ4n) is 3.86. The molecule has 2 saturated heterocycles. The molecule has 3 aliphatic heterocycles. The number of fused-ring (bicyclic) bond motifs is 1. The maximum absolute atomic E-state index is 12.7. The van der Waals surface area contributed by atoms with Crippen LogP contribution in [0.1, 0.15) is 30.9 Å². The number of nitrogens with one attached hydrogen (secondary N) is 1. The van der Waals surface area contributed by atoms with Crippen molar-refractivity contribution in [1.82, 2.24) is 10.2 Å². The van der Waals surface area contributed by atoms with Gasteiger partial charge in [0.2, 0.25) is 5.91 Å². The van der Waals surface area contributed by atoms with Gasteiger partial charge in [-0.15, -0.1) is 0 Å². The molecule has 0 aliphatic carbocycles. The van der Waals surface area contributed by atoms with E-state index in [1.54, 1.807) is 6.92 Å². The average Bonchev–Trinajstić information content (AvgIpc) is 3.13. The van der Waals surface area contributed by atoms with E-state index in [0.717, 1.165) is 23.3 Å². The van der Waals surface area contributed by atoms with E-state index in [4.69, 9.17) is 21.1 Å². The standard InChI is InChI=1S/C18H21ClN2O4/c1-11-17(23)20-18(25-11)3-5-21(6-4-18)15(22)10-13-9-14(19)8-12-2-7-24-16(12)13/h8-9,11H,2-7,10H2,1H3,(H,20,23). The molecule has 1 atom stereocenters. The minimum absolute atomic E-state index is 0.0483. The van der Waals surface area contributed by atoms with Crippen LogP contribution in [0.15, 0.2) is 12.1 Å². The van der Waals surface area contributed by atoms with Crippen LogP contribution < -0.4 is 10.1 Å². The van der Waals surface area contributed by atoms with Crippen molar-refractivity contribution < 1.29 is 19.1 Å². The van der Waals surface area contributed by atoms with Crippen molar-refractivity contribution >= 4 is 23.4 Å². The Morgan fingerprint density at radius 1 is 1.40 bits per heavy atom. The Balaban J connectivity index is 1.41. The number of rotatable bonds is 2. The Labute approximate surface area is 151 Å². The van der Waals surface area contributed by atoms with Crippen LogP contribution in [0, 0.1) is 0 Å². The maximum Gasteiger partial charge on any atom is 0.251 e. The highest BCUT2D eigenvalue weighted by Gasteiger charge is 2.45. The summed E-state index contributed by atoms with van der Waals surface area (Å²) in [7, 11) is 0. The molecule has 3 heterocycles. The number of amides is 2. The smallest absolute Gasteiger partial charge is 0.251 e. The SMILES string of the molecule is CC1OC2(CCN(C(=O)Cc3cc(Cl)cc4c3OCC4)CC2)NC1=O. The molecular weight excluding hydrogens is 344 g/mol. The summed E-state index contributed by atoms with van der Waals surface area (Å²) >= 11 is 6.17. The van der Waals surface area contributed by atoms with Gasteiger partial charge in [0.15, 0.2) is 0 Å². The number of benzene rings is 1. The van der Waals surface area contributed by atoms with Crippen LogP contribution in [0.25, 0.3) is 0 Å². The molecule has 2 amide bonds. The molecule has 1 aromatic carbocycles. The molecule has 25 heavy (non-hydrogen) atoms. The zero-order valence-corrected chi connectivity index (χ0v) is 14.9. The molecule has 1 unspecified atom stereocenters. The number of carbonyl (C=O) groups excluding carboxylic acids is 2. The Morgan fingerprint density at radius 3 is 2.84 bits per heavy atom. The Bertz CT molecular complexity index is 728. The van der Waals surface area contributed by atoms with Gasteiger partial charge in [-0.2, -0.15) is 0 Å². The molecule has 1 spiro atoms. The van der Waals surface area contributed by atoms with Crippen molar-refractivity contribution in [2.75, 3.05) is 19.7 Å². The second-order valence-corrected chi connectivity index (χ2v) is 7.39. The quantitative estimate of drug-likeness (QED) is 0.866. The summed E-state index contributed by atoms with van der Waals surface area (Å²) in [4.78, 5) is 26.2. The van der Waals surface area contributed by atoms with Gasteiger partial charge in [0, 0.05) is 42.9 Å². The molecule has 134 valence electrons. The average molecular weight is 365 g/mol. The highest BCUT2D eigenvalue weighted by molar-refractivity contribution is 6.30. The Hall–Kier alpha value is -1.79. The van der Waals surface area contributed by atoms with Gasteiger partial charge in [-0.25, -0.2) is 0 Å². The maximum atomic E-state index is 12.7. The number of halogens is 1. The lowest BCUT2D eigenvalue weighted by molar-refractivity contribution is -0.138. The number of ether oxygens (including phenoxy) is 2. The van der Waals surface area contributed by atoms with Gasteiger partial charge in [-0.1, -0.05) is 11.6 Å². The van der Waals surface area contributed by atoms with E-state index in [0.29, 0.717) is 37.6 Å². The fraction of sp³-hybridized carbons (Fsp3) is 0.556. The second kappa shape index (κ2) is 6.18. The first-order valence-corrected chi connectivity index (χ1v) is 9.05. The van der Waals surface area contributed by atoms with Crippen LogP contribution in [0.4, 0.5) is 0 Å². The summed E-state index contributed by atoms with van der Waals surface area (Å²) in [5.74, 6) is 0.782. The first-order chi connectivity index (χ1) is 12.0. The van der Waals surface area contributed by atoms with Crippen LogP contribution >= 0.6 is 11.6 Å². The monoisotopic (exact) mass is 364 g/mol. The normalized spacial score (nSPS) is 24.2. The predicted octanol–water partition coefficient (Wildman–Crippen LogP) is 1.67. The third-order valence-corrected chi connectivity index (χ3v) is 5.43. The minimum atomic E-state index is -0.603. The summed E-state index contributed by atoms with van der Waals surface area (Å²) in [5.41, 5.74) is 1.32. The van der Waals surface area contributed by atoms with Gasteiger partial charge in [0.05, 0.1) is 13.0 Å². The number of hydrogen-bond donors (Lipinski definition) is 1. The predicted molar refractivity (Wildman–Crippen MR) is 91.6 cm³/mol. The van der Waals surface area contributed by atoms with Gasteiger partial charge in [-0.3, -0.25) is 9.59 Å². The molecule has 0 radical (unpaired) electrons. The zero-order valence-electron chi connectivity index (χ0n) is 14.1. The van der Waals surface area contributed by atoms with Gasteiger partial charge in [0.25, 0.3) is 5.91 Å². The first kappa shape index (κ1) is 16.7. The fourth-order valence-corrected chi connectivity index (χ4v) is 4.12. The molecular formula is C18H21ClN2O4. The van der Waals surface area contributed by atoms with Crippen LogP contribution in [0.5, 0.6) is 5.75 Å². The third-order valence-electron chi connectivity index (χ3n) is 5.21. The van der Waals surface area contributed by atoms with E-state index in [1.807, 2.05) is 17.0 Å². The number of carbonyl (C=O) groups is 2. The van der Waals surface area contributed by atoms with E-state index in [2.05, 4.69) is 5.32 Å². The van der Waals surface area contributed by atoms with Gasteiger partial charge < -0.3 is 19.7 Å².